The molecule has 1 unspecified atom stereocenters. The van der Waals surface area contributed by atoms with Gasteiger partial charge in [0, 0.05) is 19.6 Å². The number of hydrogen-bond acceptors (Lipinski definition) is 5. The normalized spacial score (nSPS) is 21.0. The van der Waals surface area contributed by atoms with Gasteiger partial charge in [-0.05, 0) is 36.8 Å². The molecule has 0 aromatic carbocycles. The first-order chi connectivity index (χ1) is 8.61. The van der Waals surface area contributed by atoms with E-state index in [1.54, 1.807) is 0 Å². The Morgan fingerprint density at radius 2 is 2.28 bits per heavy atom. The largest absolute Gasteiger partial charge is 0.369 e. The Hall–Kier alpha value is -0.720. The van der Waals surface area contributed by atoms with E-state index in [0.717, 1.165) is 48.1 Å². The molecule has 1 atom stereocenters. The monoisotopic (exact) mass is 314 g/mol. The number of nitrogens with zero attached hydrogens (tertiary/aromatic N) is 3. The van der Waals surface area contributed by atoms with Crippen LogP contribution in [0.4, 0.5) is 5.82 Å². The molecule has 0 amide bonds. The lowest BCUT2D eigenvalue weighted by Gasteiger charge is -2.29. The van der Waals surface area contributed by atoms with Crippen molar-refractivity contribution in [1.29, 1.82) is 0 Å². The summed E-state index contributed by atoms with van der Waals surface area (Å²) in [4.78, 5) is 11.3. The fourth-order valence-electron chi connectivity index (χ4n) is 1.94. The molecule has 100 valence electrons. The van der Waals surface area contributed by atoms with Gasteiger partial charge in [-0.25, -0.2) is 9.97 Å². The van der Waals surface area contributed by atoms with Gasteiger partial charge in [0.25, 0.3) is 0 Å². The molecule has 1 aliphatic heterocycles. The number of nitrogens with one attached hydrogen (secondary N) is 1. The fraction of sp³-hybridized carbons (Fsp3) is 0.667. The smallest absolute Gasteiger partial charge is 0.161 e. The highest BCUT2D eigenvalue weighted by Gasteiger charge is 2.23. The molecule has 6 heteroatoms. The number of aromatic nitrogens is 2. The second kappa shape index (κ2) is 5.95. The fourth-order valence-corrected chi connectivity index (χ4v) is 2.26. The maximum atomic E-state index is 5.75. The van der Waals surface area contributed by atoms with E-state index in [4.69, 9.17) is 4.74 Å². The molecule has 0 spiro atoms. The Balaban J connectivity index is 2.27. The van der Waals surface area contributed by atoms with Crippen molar-refractivity contribution >= 4 is 21.7 Å². The summed E-state index contributed by atoms with van der Waals surface area (Å²) in [5.41, 5.74) is 0.938. The number of ether oxygens (including phenoxy) is 1. The van der Waals surface area contributed by atoms with Gasteiger partial charge in [-0.15, -0.1) is 0 Å². The van der Waals surface area contributed by atoms with E-state index in [1.807, 2.05) is 6.92 Å². The molecule has 0 saturated carbocycles. The molecule has 1 N–H and O–H groups in total. The van der Waals surface area contributed by atoms with Crippen molar-refractivity contribution in [1.82, 2.24) is 14.9 Å². The van der Waals surface area contributed by atoms with E-state index in [1.165, 1.54) is 0 Å². The first-order valence-electron chi connectivity index (χ1n) is 6.20. The summed E-state index contributed by atoms with van der Waals surface area (Å²) in [6, 6.07) is 0. The zero-order chi connectivity index (χ0) is 13.1. The van der Waals surface area contributed by atoms with Crippen molar-refractivity contribution in [3.63, 3.8) is 0 Å². The summed E-state index contributed by atoms with van der Waals surface area (Å²) in [6.07, 6.45) is -0.0343. The second-order valence-corrected chi connectivity index (χ2v) is 5.27. The van der Waals surface area contributed by atoms with Crippen LogP contribution >= 0.6 is 15.9 Å². The van der Waals surface area contributed by atoms with E-state index in [9.17, 15) is 0 Å². The van der Waals surface area contributed by atoms with Crippen LogP contribution < -0.4 is 5.32 Å². The SMILES string of the molecule is CCNc1nc(C2CN(C)CCO2)nc(C)c1Br. The minimum absolute atomic E-state index is 0.0343. The highest BCUT2D eigenvalue weighted by molar-refractivity contribution is 9.10. The molecule has 2 rings (SSSR count). The molecule has 0 bridgehead atoms. The number of morpholine rings is 1. The van der Waals surface area contributed by atoms with Gasteiger partial charge in [0.05, 0.1) is 16.8 Å². The Morgan fingerprint density at radius 1 is 1.50 bits per heavy atom. The van der Waals surface area contributed by atoms with Gasteiger partial charge in [-0.3, -0.25) is 0 Å². The molecule has 1 aliphatic rings. The van der Waals surface area contributed by atoms with Crippen molar-refractivity contribution in [3.8, 4) is 0 Å². The molecular formula is C12H19BrN4O. The van der Waals surface area contributed by atoms with Crippen LogP contribution in [0.25, 0.3) is 0 Å². The van der Waals surface area contributed by atoms with Crippen molar-refractivity contribution < 1.29 is 4.74 Å². The van der Waals surface area contributed by atoms with Crippen LogP contribution in [0.3, 0.4) is 0 Å². The van der Waals surface area contributed by atoms with E-state index in [-0.39, 0.29) is 6.10 Å². The first-order valence-corrected chi connectivity index (χ1v) is 6.99. The van der Waals surface area contributed by atoms with E-state index in [2.05, 4.69) is 50.1 Å². The molecule has 1 aromatic rings. The molecule has 0 aliphatic carbocycles. The lowest BCUT2D eigenvalue weighted by atomic mass is 10.2. The Bertz CT molecular complexity index is 427. The van der Waals surface area contributed by atoms with E-state index in [0.29, 0.717) is 0 Å². The van der Waals surface area contributed by atoms with Gasteiger partial charge < -0.3 is 15.0 Å². The summed E-state index contributed by atoms with van der Waals surface area (Å²) in [5.74, 6) is 1.61. The topological polar surface area (TPSA) is 50.3 Å². The van der Waals surface area contributed by atoms with Crippen LogP contribution in [0, 0.1) is 6.92 Å². The van der Waals surface area contributed by atoms with Gasteiger partial charge >= 0.3 is 0 Å². The summed E-state index contributed by atoms with van der Waals surface area (Å²) in [7, 11) is 2.09. The average Bonchev–Trinajstić information content (AvgIpc) is 2.35. The minimum atomic E-state index is -0.0343. The third-order valence-electron chi connectivity index (χ3n) is 2.94. The zero-order valence-electron chi connectivity index (χ0n) is 11.0. The molecule has 1 saturated heterocycles. The highest BCUT2D eigenvalue weighted by atomic mass is 79.9. The van der Waals surface area contributed by atoms with Gasteiger partial charge in [0.1, 0.15) is 11.9 Å². The van der Waals surface area contributed by atoms with Crippen molar-refractivity contribution in [3.05, 3.63) is 16.0 Å². The molecule has 2 heterocycles. The molecule has 1 aromatic heterocycles. The number of likely N-dealkylation sites (N-methyl/N-ethyl adjacent to an activating group) is 1. The van der Waals surface area contributed by atoms with Crippen molar-refractivity contribution in [2.24, 2.45) is 0 Å². The Labute approximate surface area is 116 Å². The standard InChI is InChI=1S/C12H19BrN4O/c1-4-14-12-10(13)8(2)15-11(16-12)9-7-17(3)5-6-18-9/h9H,4-7H2,1-3H3,(H,14,15,16). The minimum Gasteiger partial charge on any atom is -0.369 e. The number of aryl methyl sites for hydroxylation is 1. The van der Waals surface area contributed by atoms with E-state index < -0.39 is 0 Å². The van der Waals surface area contributed by atoms with Crippen molar-refractivity contribution in [2.45, 2.75) is 20.0 Å². The second-order valence-electron chi connectivity index (χ2n) is 4.48. The van der Waals surface area contributed by atoms with Gasteiger partial charge in [0.2, 0.25) is 0 Å². The van der Waals surface area contributed by atoms with Crippen LogP contribution in [-0.2, 0) is 4.74 Å². The van der Waals surface area contributed by atoms with Gasteiger partial charge in [-0.2, -0.15) is 0 Å². The molecule has 5 nitrogen and oxygen atoms in total. The summed E-state index contributed by atoms with van der Waals surface area (Å²) in [5, 5.41) is 3.24. The van der Waals surface area contributed by atoms with Crippen LogP contribution in [0.2, 0.25) is 0 Å². The number of rotatable bonds is 3. The predicted molar refractivity (Wildman–Crippen MR) is 74.8 cm³/mol. The number of hydrogen-bond donors (Lipinski definition) is 1. The van der Waals surface area contributed by atoms with Gasteiger partial charge in [-0.1, -0.05) is 0 Å². The van der Waals surface area contributed by atoms with Crippen LogP contribution in [0.1, 0.15) is 24.5 Å². The molecular weight excluding hydrogens is 296 g/mol. The summed E-state index contributed by atoms with van der Waals surface area (Å²) in [6.45, 7) is 7.39. The quantitative estimate of drug-likeness (QED) is 0.924. The maximum absolute atomic E-state index is 5.75. The van der Waals surface area contributed by atoms with Gasteiger partial charge in [0.15, 0.2) is 5.82 Å². The Morgan fingerprint density at radius 3 is 2.94 bits per heavy atom. The summed E-state index contributed by atoms with van der Waals surface area (Å²) < 4.78 is 6.68. The lowest BCUT2D eigenvalue weighted by Crippen LogP contribution is -2.36. The Kier molecular flexibility index (Phi) is 4.53. The third-order valence-corrected chi connectivity index (χ3v) is 3.89. The van der Waals surface area contributed by atoms with Crippen molar-refractivity contribution in [2.75, 3.05) is 38.6 Å². The molecule has 18 heavy (non-hydrogen) atoms. The highest BCUT2D eigenvalue weighted by Crippen LogP contribution is 2.26. The maximum Gasteiger partial charge on any atom is 0.161 e. The van der Waals surface area contributed by atoms with Crippen LogP contribution in [0.15, 0.2) is 4.47 Å². The molecule has 1 fully saturated rings. The first kappa shape index (κ1) is 13.7. The average molecular weight is 315 g/mol. The third kappa shape index (κ3) is 2.99. The van der Waals surface area contributed by atoms with Crippen LogP contribution in [0.5, 0.6) is 0 Å². The zero-order valence-corrected chi connectivity index (χ0v) is 12.6. The lowest BCUT2D eigenvalue weighted by molar-refractivity contribution is -0.0255. The van der Waals surface area contributed by atoms with E-state index >= 15 is 0 Å². The predicted octanol–water partition coefficient (Wildman–Crippen LogP) is 1.98. The number of anilines is 1. The number of halogens is 1. The summed E-state index contributed by atoms with van der Waals surface area (Å²) >= 11 is 3.51. The molecule has 0 radical (unpaired) electrons. The van der Waals surface area contributed by atoms with Crippen LogP contribution in [-0.4, -0.2) is 48.2 Å².